The van der Waals surface area contributed by atoms with Crippen molar-refractivity contribution in [2.75, 3.05) is 19.7 Å². The van der Waals surface area contributed by atoms with Crippen LogP contribution in [0.2, 0.25) is 0 Å². The fourth-order valence-electron chi connectivity index (χ4n) is 2.10. The SMILES string of the molecule is CCCNCC(C)C(C)c1ccc(OCCC)cc1. The van der Waals surface area contributed by atoms with E-state index in [4.69, 9.17) is 4.74 Å². The maximum Gasteiger partial charge on any atom is 0.119 e. The van der Waals surface area contributed by atoms with Gasteiger partial charge in [-0.15, -0.1) is 0 Å². The standard InChI is InChI=1S/C17H29NO/c1-5-11-18-13-14(3)15(4)16-7-9-17(10-8-16)19-12-6-2/h7-10,14-15,18H,5-6,11-13H2,1-4H3. The highest BCUT2D eigenvalue weighted by Gasteiger charge is 2.13. The van der Waals surface area contributed by atoms with Gasteiger partial charge in [-0.25, -0.2) is 0 Å². The molecule has 0 aliphatic carbocycles. The number of ether oxygens (including phenoxy) is 1. The molecule has 0 aliphatic rings. The number of nitrogens with one attached hydrogen (secondary N) is 1. The highest BCUT2D eigenvalue weighted by molar-refractivity contribution is 5.29. The van der Waals surface area contributed by atoms with Crippen LogP contribution in [0.3, 0.4) is 0 Å². The van der Waals surface area contributed by atoms with E-state index < -0.39 is 0 Å². The zero-order valence-electron chi connectivity index (χ0n) is 12.9. The molecule has 0 heterocycles. The fraction of sp³-hybridized carbons (Fsp3) is 0.647. The second-order valence-electron chi connectivity index (χ2n) is 5.39. The van der Waals surface area contributed by atoms with Crippen LogP contribution in [0.4, 0.5) is 0 Å². The Morgan fingerprint density at radius 2 is 1.74 bits per heavy atom. The normalized spacial score (nSPS) is 14.1. The topological polar surface area (TPSA) is 21.3 Å². The Kier molecular flexibility index (Phi) is 7.57. The van der Waals surface area contributed by atoms with Crippen molar-refractivity contribution in [3.63, 3.8) is 0 Å². The number of rotatable bonds is 9. The third kappa shape index (κ3) is 5.65. The lowest BCUT2D eigenvalue weighted by atomic mass is 9.89. The van der Waals surface area contributed by atoms with Gasteiger partial charge in [0.25, 0.3) is 0 Å². The van der Waals surface area contributed by atoms with Gasteiger partial charge in [-0.2, -0.15) is 0 Å². The Labute approximate surface area is 118 Å². The highest BCUT2D eigenvalue weighted by Crippen LogP contribution is 2.25. The first-order chi connectivity index (χ1) is 9.19. The van der Waals surface area contributed by atoms with Crippen molar-refractivity contribution in [1.29, 1.82) is 0 Å². The van der Waals surface area contributed by atoms with Crippen molar-refractivity contribution < 1.29 is 4.74 Å². The minimum Gasteiger partial charge on any atom is -0.494 e. The quantitative estimate of drug-likeness (QED) is 0.674. The van der Waals surface area contributed by atoms with E-state index in [0.717, 1.165) is 31.9 Å². The summed E-state index contributed by atoms with van der Waals surface area (Å²) in [6.07, 6.45) is 2.25. The van der Waals surface area contributed by atoms with Gasteiger partial charge in [0.15, 0.2) is 0 Å². The molecule has 2 unspecified atom stereocenters. The van der Waals surface area contributed by atoms with Gasteiger partial charge in [-0.3, -0.25) is 0 Å². The van der Waals surface area contributed by atoms with E-state index in [-0.39, 0.29) is 0 Å². The van der Waals surface area contributed by atoms with Crippen molar-refractivity contribution in [3.05, 3.63) is 29.8 Å². The molecular formula is C17H29NO. The van der Waals surface area contributed by atoms with Crippen LogP contribution >= 0.6 is 0 Å². The van der Waals surface area contributed by atoms with Crippen LogP contribution in [-0.4, -0.2) is 19.7 Å². The first-order valence-corrected chi connectivity index (χ1v) is 7.62. The highest BCUT2D eigenvalue weighted by atomic mass is 16.5. The molecule has 0 spiro atoms. The average Bonchev–Trinajstić information content (AvgIpc) is 2.45. The predicted molar refractivity (Wildman–Crippen MR) is 83.0 cm³/mol. The summed E-state index contributed by atoms with van der Waals surface area (Å²) in [5, 5.41) is 3.50. The lowest BCUT2D eigenvalue weighted by Crippen LogP contribution is -2.25. The molecule has 0 saturated heterocycles. The first-order valence-electron chi connectivity index (χ1n) is 7.62. The Morgan fingerprint density at radius 3 is 2.32 bits per heavy atom. The van der Waals surface area contributed by atoms with Crippen LogP contribution in [0.25, 0.3) is 0 Å². The van der Waals surface area contributed by atoms with Crippen LogP contribution in [0.1, 0.15) is 52.0 Å². The summed E-state index contributed by atoms with van der Waals surface area (Å²) >= 11 is 0. The second kappa shape index (κ2) is 8.98. The van der Waals surface area contributed by atoms with Crippen LogP contribution in [-0.2, 0) is 0 Å². The maximum absolute atomic E-state index is 5.62. The van der Waals surface area contributed by atoms with Crippen molar-refractivity contribution >= 4 is 0 Å². The molecule has 0 saturated carbocycles. The van der Waals surface area contributed by atoms with E-state index in [1.165, 1.54) is 12.0 Å². The van der Waals surface area contributed by atoms with E-state index in [9.17, 15) is 0 Å². The molecule has 0 fully saturated rings. The molecule has 0 amide bonds. The third-order valence-corrected chi connectivity index (χ3v) is 3.63. The molecule has 108 valence electrons. The lowest BCUT2D eigenvalue weighted by molar-refractivity contribution is 0.317. The van der Waals surface area contributed by atoms with E-state index in [1.54, 1.807) is 0 Å². The molecule has 1 rings (SSSR count). The van der Waals surface area contributed by atoms with Gasteiger partial charge >= 0.3 is 0 Å². The Bertz CT molecular complexity index is 334. The van der Waals surface area contributed by atoms with Crippen molar-refractivity contribution in [3.8, 4) is 5.75 Å². The molecule has 2 nitrogen and oxygen atoms in total. The molecule has 2 atom stereocenters. The molecule has 19 heavy (non-hydrogen) atoms. The smallest absolute Gasteiger partial charge is 0.119 e. The van der Waals surface area contributed by atoms with Gasteiger partial charge < -0.3 is 10.1 Å². The molecule has 1 aromatic rings. The zero-order chi connectivity index (χ0) is 14.1. The van der Waals surface area contributed by atoms with Crippen LogP contribution < -0.4 is 10.1 Å². The van der Waals surface area contributed by atoms with Gasteiger partial charge in [-0.1, -0.05) is 39.8 Å². The van der Waals surface area contributed by atoms with Gasteiger partial charge in [0, 0.05) is 0 Å². The second-order valence-corrected chi connectivity index (χ2v) is 5.39. The van der Waals surface area contributed by atoms with E-state index in [1.807, 2.05) is 0 Å². The van der Waals surface area contributed by atoms with Crippen LogP contribution in [0.15, 0.2) is 24.3 Å². The van der Waals surface area contributed by atoms with Crippen molar-refractivity contribution in [2.45, 2.75) is 46.5 Å². The minimum atomic E-state index is 0.574. The van der Waals surface area contributed by atoms with E-state index in [2.05, 4.69) is 57.3 Å². The molecule has 0 aliphatic heterocycles. The molecule has 2 heteroatoms. The Balaban J connectivity index is 2.49. The van der Waals surface area contributed by atoms with E-state index in [0.29, 0.717) is 11.8 Å². The summed E-state index contributed by atoms with van der Waals surface area (Å²) in [4.78, 5) is 0. The summed E-state index contributed by atoms with van der Waals surface area (Å²) in [6.45, 7) is 11.9. The molecule has 0 bridgehead atoms. The fourth-order valence-corrected chi connectivity index (χ4v) is 2.10. The molecular weight excluding hydrogens is 234 g/mol. The molecule has 0 radical (unpaired) electrons. The summed E-state index contributed by atoms with van der Waals surface area (Å²) in [6, 6.07) is 8.58. The number of hydrogen-bond donors (Lipinski definition) is 1. The minimum absolute atomic E-state index is 0.574. The van der Waals surface area contributed by atoms with Gasteiger partial charge in [0.05, 0.1) is 6.61 Å². The zero-order valence-corrected chi connectivity index (χ0v) is 12.9. The van der Waals surface area contributed by atoms with Gasteiger partial charge in [0.2, 0.25) is 0 Å². The monoisotopic (exact) mass is 263 g/mol. The van der Waals surface area contributed by atoms with Crippen molar-refractivity contribution in [2.24, 2.45) is 5.92 Å². The number of benzene rings is 1. The van der Waals surface area contributed by atoms with Crippen molar-refractivity contribution in [1.82, 2.24) is 5.32 Å². The molecule has 0 aromatic heterocycles. The summed E-state index contributed by atoms with van der Waals surface area (Å²) < 4.78 is 5.62. The van der Waals surface area contributed by atoms with Crippen LogP contribution in [0, 0.1) is 5.92 Å². The molecule has 1 aromatic carbocycles. The molecule has 1 N–H and O–H groups in total. The maximum atomic E-state index is 5.62. The summed E-state index contributed by atoms with van der Waals surface area (Å²) in [7, 11) is 0. The third-order valence-electron chi connectivity index (χ3n) is 3.63. The predicted octanol–water partition coefficient (Wildman–Crippen LogP) is 4.21. The largest absolute Gasteiger partial charge is 0.494 e. The average molecular weight is 263 g/mol. The lowest BCUT2D eigenvalue weighted by Gasteiger charge is -2.21. The Hall–Kier alpha value is -1.02. The first kappa shape index (κ1) is 16.0. The van der Waals surface area contributed by atoms with Gasteiger partial charge in [0.1, 0.15) is 5.75 Å². The van der Waals surface area contributed by atoms with E-state index >= 15 is 0 Å². The Morgan fingerprint density at radius 1 is 1.05 bits per heavy atom. The van der Waals surface area contributed by atoms with Crippen LogP contribution in [0.5, 0.6) is 5.75 Å². The number of hydrogen-bond acceptors (Lipinski definition) is 2. The summed E-state index contributed by atoms with van der Waals surface area (Å²) in [5.41, 5.74) is 1.40. The summed E-state index contributed by atoms with van der Waals surface area (Å²) in [5.74, 6) is 2.20. The van der Waals surface area contributed by atoms with Gasteiger partial charge in [-0.05, 0) is 55.5 Å².